The third kappa shape index (κ3) is 2.77. The van der Waals surface area contributed by atoms with E-state index in [9.17, 15) is 0 Å². The van der Waals surface area contributed by atoms with E-state index < -0.39 is 0 Å². The molecule has 3 nitrogen and oxygen atoms in total. The summed E-state index contributed by atoms with van der Waals surface area (Å²) in [6.45, 7) is 3.32. The second-order valence-electron chi connectivity index (χ2n) is 4.82. The van der Waals surface area contributed by atoms with Crippen LogP contribution in [-0.4, -0.2) is 16.6 Å². The number of hydrogen-bond donors (Lipinski definition) is 0. The largest absolute Gasteiger partial charge is 0.376 e. The maximum absolute atomic E-state index is 6.21. The van der Waals surface area contributed by atoms with Crippen molar-refractivity contribution in [2.24, 2.45) is 0 Å². The van der Waals surface area contributed by atoms with E-state index in [0.29, 0.717) is 24.8 Å². The molecule has 1 aliphatic heterocycles. The van der Waals surface area contributed by atoms with Gasteiger partial charge >= 0.3 is 0 Å². The third-order valence-corrected chi connectivity index (χ3v) is 3.61. The Kier molecular flexibility index (Phi) is 3.49. The average Bonchev–Trinajstić information content (AvgIpc) is 2.42. The molecule has 98 valence electrons. The fraction of sp³-hybridized carbons (Fsp3) is 0.333. The molecule has 0 saturated heterocycles. The monoisotopic (exact) mass is 274 g/mol. The molecule has 0 unspecified atom stereocenters. The second kappa shape index (κ2) is 5.27. The van der Waals surface area contributed by atoms with Gasteiger partial charge in [0.25, 0.3) is 0 Å². The fourth-order valence-corrected chi connectivity index (χ4v) is 2.47. The summed E-state index contributed by atoms with van der Waals surface area (Å²) in [5, 5.41) is 0.534. The van der Waals surface area contributed by atoms with E-state index in [-0.39, 0.29) is 0 Å². The summed E-state index contributed by atoms with van der Waals surface area (Å²) in [6.07, 6.45) is 1.53. The van der Waals surface area contributed by atoms with E-state index in [4.69, 9.17) is 16.3 Å². The Morgan fingerprint density at radius 3 is 2.79 bits per heavy atom. The quantitative estimate of drug-likeness (QED) is 0.790. The molecule has 4 heteroatoms. The molecule has 0 atom stereocenters. The molecule has 2 heterocycles. The van der Waals surface area contributed by atoms with Gasteiger partial charge in [-0.15, -0.1) is 0 Å². The Balaban J connectivity index is 1.89. The molecule has 0 radical (unpaired) electrons. The number of benzene rings is 1. The first-order chi connectivity index (χ1) is 9.22. The average molecular weight is 275 g/mol. The summed E-state index contributed by atoms with van der Waals surface area (Å²) in [5.41, 5.74) is 4.44. The van der Waals surface area contributed by atoms with E-state index >= 15 is 0 Å². The molecule has 1 aromatic carbocycles. The van der Waals surface area contributed by atoms with Crippen molar-refractivity contribution < 1.29 is 4.74 Å². The highest BCUT2D eigenvalue weighted by atomic mass is 35.5. The molecule has 0 aliphatic carbocycles. The molecule has 0 spiro atoms. The zero-order valence-corrected chi connectivity index (χ0v) is 11.6. The van der Waals surface area contributed by atoms with E-state index in [2.05, 4.69) is 41.2 Å². The molecule has 1 aromatic heterocycles. The van der Waals surface area contributed by atoms with Crippen LogP contribution in [0.3, 0.4) is 0 Å². The van der Waals surface area contributed by atoms with E-state index in [1.54, 1.807) is 0 Å². The van der Waals surface area contributed by atoms with Crippen molar-refractivity contribution in [2.75, 3.05) is 6.61 Å². The summed E-state index contributed by atoms with van der Waals surface area (Å²) in [6, 6.07) is 8.41. The number of aryl methyl sites for hydroxylation is 1. The topological polar surface area (TPSA) is 35.0 Å². The van der Waals surface area contributed by atoms with Gasteiger partial charge in [0.05, 0.1) is 18.9 Å². The van der Waals surface area contributed by atoms with Crippen molar-refractivity contribution in [2.45, 2.75) is 26.4 Å². The molecule has 0 amide bonds. The van der Waals surface area contributed by atoms with Gasteiger partial charge in [-0.2, -0.15) is 0 Å². The zero-order valence-electron chi connectivity index (χ0n) is 10.8. The standard InChI is InChI=1S/C15H15ClN2O/c1-10-2-4-11(5-3-10)8-14-17-13-6-7-19-9-12(13)15(16)18-14/h2-5H,6-9H2,1H3. The lowest BCUT2D eigenvalue weighted by atomic mass is 10.1. The minimum atomic E-state index is 0.527. The minimum Gasteiger partial charge on any atom is -0.376 e. The highest BCUT2D eigenvalue weighted by Crippen LogP contribution is 2.22. The van der Waals surface area contributed by atoms with Crippen LogP contribution in [0, 0.1) is 6.92 Å². The smallest absolute Gasteiger partial charge is 0.138 e. The summed E-state index contributed by atoms with van der Waals surface area (Å²) in [4.78, 5) is 8.99. The van der Waals surface area contributed by atoms with Crippen LogP contribution in [0.4, 0.5) is 0 Å². The Labute approximate surface area is 117 Å². The van der Waals surface area contributed by atoms with Crippen molar-refractivity contribution in [3.8, 4) is 0 Å². The van der Waals surface area contributed by atoms with Crippen LogP contribution in [-0.2, 0) is 24.2 Å². The minimum absolute atomic E-state index is 0.527. The van der Waals surface area contributed by atoms with Crippen LogP contribution in [0.15, 0.2) is 24.3 Å². The molecular weight excluding hydrogens is 260 g/mol. The van der Waals surface area contributed by atoms with Crippen molar-refractivity contribution in [1.82, 2.24) is 9.97 Å². The lowest BCUT2D eigenvalue weighted by Gasteiger charge is -2.17. The van der Waals surface area contributed by atoms with Gasteiger partial charge in [0.1, 0.15) is 11.0 Å². The molecule has 1 aliphatic rings. The van der Waals surface area contributed by atoms with Crippen molar-refractivity contribution in [3.05, 3.63) is 57.6 Å². The van der Waals surface area contributed by atoms with Gasteiger partial charge in [0.2, 0.25) is 0 Å². The summed E-state index contributed by atoms with van der Waals surface area (Å²) in [5.74, 6) is 0.787. The fourth-order valence-electron chi connectivity index (χ4n) is 2.21. The molecule has 3 rings (SSSR count). The zero-order chi connectivity index (χ0) is 13.2. The van der Waals surface area contributed by atoms with Crippen LogP contribution >= 0.6 is 11.6 Å². The van der Waals surface area contributed by atoms with Gasteiger partial charge in [-0.25, -0.2) is 9.97 Å². The van der Waals surface area contributed by atoms with Gasteiger partial charge in [0, 0.05) is 18.4 Å². The normalized spacial score (nSPS) is 14.2. The molecule has 0 fully saturated rings. The van der Waals surface area contributed by atoms with Gasteiger partial charge < -0.3 is 4.74 Å². The van der Waals surface area contributed by atoms with Crippen LogP contribution < -0.4 is 0 Å². The van der Waals surface area contributed by atoms with Gasteiger partial charge in [-0.1, -0.05) is 41.4 Å². The second-order valence-corrected chi connectivity index (χ2v) is 5.18. The first-order valence-electron chi connectivity index (χ1n) is 6.40. The third-order valence-electron chi connectivity index (χ3n) is 3.30. The maximum Gasteiger partial charge on any atom is 0.138 e. The number of rotatable bonds is 2. The van der Waals surface area contributed by atoms with Crippen LogP contribution in [0.5, 0.6) is 0 Å². The number of hydrogen-bond acceptors (Lipinski definition) is 3. The van der Waals surface area contributed by atoms with Crippen molar-refractivity contribution in [3.63, 3.8) is 0 Å². The summed E-state index contributed by atoms with van der Waals surface area (Å²) >= 11 is 6.21. The molecule has 0 saturated carbocycles. The van der Waals surface area contributed by atoms with Crippen molar-refractivity contribution >= 4 is 11.6 Å². The SMILES string of the molecule is Cc1ccc(Cc2nc(Cl)c3c(n2)CCOC3)cc1. The van der Waals surface area contributed by atoms with Gasteiger partial charge in [0.15, 0.2) is 0 Å². The highest BCUT2D eigenvalue weighted by Gasteiger charge is 2.17. The molecule has 2 aromatic rings. The van der Waals surface area contributed by atoms with Crippen LogP contribution in [0.25, 0.3) is 0 Å². The number of ether oxygens (including phenoxy) is 1. The Hall–Kier alpha value is -1.45. The van der Waals surface area contributed by atoms with E-state index in [1.807, 2.05) is 0 Å². The van der Waals surface area contributed by atoms with Gasteiger partial charge in [-0.05, 0) is 12.5 Å². The summed E-state index contributed by atoms with van der Waals surface area (Å²) < 4.78 is 5.38. The number of nitrogens with zero attached hydrogens (tertiary/aromatic N) is 2. The van der Waals surface area contributed by atoms with Crippen molar-refractivity contribution in [1.29, 1.82) is 0 Å². The predicted molar refractivity (Wildman–Crippen MR) is 74.4 cm³/mol. The summed E-state index contributed by atoms with van der Waals surface area (Å²) in [7, 11) is 0. The molecule has 19 heavy (non-hydrogen) atoms. The number of aromatic nitrogens is 2. The van der Waals surface area contributed by atoms with E-state index in [0.717, 1.165) is 23.5 Å². The van der Waals surface area contributed by atoms with Gasteiger partial charge in [-0.3, -0.25) is 0 Å². The highest BCUT2D eigenvalue weighted by molar-refractivity contribution is 6.30. The molecule has 0 N–H and O–H groups in total. The first kappa shape index (κ1) is 12.6. The van der Waals surface area contributed by atoms with Crippen LogP contribution in [0.1, 0.15) is 28.2 Å². The molecular formula is C15H15ClN2O. The van der Waals surface area contributed by atoms with E-state index in [1.165, 1.54) is 11.1 Å². The first-order valence-corrected chi connectivity index (χ1v) is 6.77. The lowest BCUT2D eigenvalue weighted by Crippen LogP contribution is -2.15. The Morgan fingerprint density at radius 1 is 1.21 bits per heavy atom. The Morgan fingerprint density at radius 2 is 2.00 bits per heavy atom. The Bertz CT molecular complexity index is 596. The number of fused-ring (bicyclic) bond motifs is 1. The van der Waals surface area contributed by atoms with Crippen LogP contribution in [0.2, 0.25) is 5.15 Å². The predicted octanol–water partition coefficient (Wildman–Crippen LogP) is 3.10. The molecule has 0 bridgehead atoms. The maximum atomic E-state index is 6.21. The lowest BCUT2D eigenvalue weighted by molar-refractivity contribution is 0.109. The number of halogens is 1.